The molecule has 1 aliphatic heterocycles. The van der Waals surface area contributed by atoms with Crippen molar-refractivity contribution in [3.63, 3.8) is 0 Å². The zero-order valence-corrected chi connectivity index (χ0v) is 17.4. The van der Waals surface area contributed by atoms with Crippen LogP contribution in [-0.2, 0) is 4.79 Å². The molecule has 2 amide bonds. The van der Waals surface area contributed by atoms with Crippen molar-refractivity contribution < 1.29 is 9.59 Å². The highest BCUT2D eigenvalue weighted by Gasteiger charge is 2.30. The smallest absolute Gasteiger partial charge is 0.248 e. The summed E-state index contributed by atoms with van der Waals surface area (Å²) in [5, 5.41) is 0. The minimum Gasteiger partial charge on any atom is -0.366 e. The number of aromatic nitrogens is 2. The van der Waals surface area contributed by atoms with Gasteiger partial charge in [-0.05, 0) is 38.2 Å². The molecule has 2 aromatic rings. The summed E-state index contributed by atoms with van der Waals surface area (Å²) in [4.78, 5) is 38.8. The van der Waals surface area contributed by atoms with Gasteiger partial charge in [-0.3, -0.25) is 9.59 Å². The third kappa shape index (κ3) is 4.71. The largest absolute Gasteiger partial charge is 0.366 e. The number of anilines is 1. The van der Waals surface area contributed by atoms with Crippen molar-refractivity contribution in [2.75, 3.05) is 52.7 Å². The van der Waals surface area contributed by atoms with E-state index in [9.17, 15) is 9.59 Å². The molecule has 2 N–H and O–H groups in total. The number of likely N-dealkylation sites (tertiary alicyclic amines) is 1. The van der Waals surface area contributed by atoms with Crippen LogP contribution in [0.15, 0.2) is 30.5 Å². The Kier molecular flexibility index (Phi) is 6.12. The highest BCUT2D eigenvalue weighted by atomic mass is 16.2. The number of benzene rings is 1. The summed E-state index contributed by atoms with van der Waals surface area (Å²) in [6, 6.07) is 7.15. The Balaban J connectivity index is 1.93. The van der Waals surface area contributed by atoms with E-state index in [1.165, 1.54) is 0 Å². The third-order valence-corrected chi connectivity index (χ3v) is 5.07. The summed E-state index contributed by atoms with van der Waals surface area (Å²) >= 11 is 0. The van der Waals surface area contributed by atoms with Crippen LogP contribution in [0, 0.1) is 0 Å². The Morgan fingerprint density at radius 1 is 1.17 bits per heavy atom. The molecule has 1 aromatic heterocycles. The van der Waals surface area contributed by atoms with Crippen LogP contribution in [0.3, 0.4) is 0 Å². The van der Waals surface area contributed by atoms with E-state index in [4.69, 9.17) is 10.7 Å². The SMILES string of the molecule is CN(C)CC(=O)N1CC[C@H](c2nc(N(C)C)ncc2-c2ccc(C(N)=O)cc2)C1. The number of primary amides is 1. The average molecular weight is 396 g/mol. The molecule has 1 fully saturated rings. The quantitative estimate of drug-likeness (QED) is 0.788. The van der Waals surface area contributed by atoms with Gasteiger partial charge in [0.15, 0.2) is 0 Å². The van der Waals surface area contributed by atoms with Gasteiger partial charge in [-0.2, -0.15) is 0 Å². The minimum atomic E-state index is -0.457. The van der Waals surface area contributed by atoms with E-state index >= 15 is 0 Å². The van der Waals surface area contributed by atoms with Gasteiger partial charge in [-0.25, -0.2) is 9.97 Å². The molecule has 8 nitrogen and oxygen atoms in total. The zero-order chi connectivity index (χ0) is 21.1. The Morgan fingerprint density at radius 3 is 2.45 bits per heavy atom. The number of rotatable bonds is 6. The lowest BCUT2D eigenvalue weighted by Crippen LogP contribution is -2.36. The Hall–Kier alpha value is -3.00. The third-order valence-electron chi connectivity index (χ3n) is 5.07. The summed E-state index contributed by atoms with van der Waals surface area (Å²) in [5.41, 5.74) is 8.58. The van der Waals surface area contributed by atoms with E-state index in [0.717, 1.165) is 29.8 Å². The highest BCUT2D eigenvalue weighted by molar-refractivity contribution is 5.93. The molecule has 1 aliphatic rings. The van der Waals surface area contributed by atoms with Crippen LogP contribution in [0.5, 0.6) is 0 Å². The van der Waals surface area contributed by atoms with Crippen LogP contribution in [0.1, 0.15) is 28.4 Å². The van der Waals surface area contributed by atoms with Gasteiger partial charge in [0.1, 0.15) is 0 Å². The van der Waals surface area contributed by atoms with Crippen LogP contribution in [0.2, 0.25) is 0 Å². The molecule has 8 heteroatoms. The summed E-state index contributed by atoms with van der Waals surface area (Å²) in [7, 11) is 7.60. The predicted octanol–water partition coefficient (Wildman–Crippen LogP) is 1.19. The molecular formula is C21H28N6O2. The number of nitrogens with two attached hydrogens (primary N) is 1. The van der Waals surface area contributed by atoms with Gasteiger partial charge in [0.25, 0.3) is 0 Å². The van der Waals surface area contributed by atoms with Crippen LogP contribution >= 0.6 is 0 Å². The van der Waals surface area contributed by atoms with Crippen molar-refractivity contribution in [3.05, 3.63) is 41.7 Å². The van der Waals surface area contributed by atoms with E-state index in [-0.39, 0.29) is 11.8 Å². The molecule has 29 heavy (non-hydrogen) atoms. The molecule has 3 rings (SSSR count). The van der Waals surface area contributed by atoms with Crippen molar-refractivity contribution in [1.82, 2.24) is 19.8 Å². The van der Waals surface area contributed by atoms with Gasteiger partial charge in [0.05, 0.1) is 12.2 Å². The Labute approximate surface area is 171 Å². The zero-order valence-electron chi connectivity index (χ0n) is 17.4. The van der Waals surface area contributed by atoms with Gasteiger partial charge in [0, 0.05) is 50.4 Å². The van der Waals surface area contributed by atoms with Crippen LogP contribution in [0.25, 0.3) is 11.1 Å². The molecule has 0 bridgehead atoms. The number of carbonyl (C=O) groups is 2. The van der Waals surface area contributed by atoms with Crippen LogP contribution in [0.4, 0.5) is 5.95 Å². The first-order valence-corrected chi connectivity index (χ1v) is 9.63. The summed E-state index contributed by atoms with van der Waals surface area (Å²) in [6.45, 7) is 1.77. The van der Waals surface area contributed by atoms with Crippen molar-refractivity contribution in [2.24, 2.45) is 5.73 Å². The van der Waals surface area contributed by atoms with Gasteiger partial charge in [-0.1, -0.05) is 12.1 Å². The van der Waals surface area contributed by atoms with E-state index < -0.39 is 5.91 Å². The molecule has 1 saturated heterocycles. The first-order valence-electron chi connectivity index (χ1n) is 9.63. The number of carbonyl (C=O) groups excluding carboxylic acids is 2. The van der Waals surface area contributed by atoms with E-state index in [1.807, 2.05) is 61.2 Å². The second-order valence-corrected chi connectivity index (χ2v) is 7.87. The molecule has 1 aromatic carbocycles. The second kappa shape index (κ2) is 8.57. The first kappa shape index (κ1) is 20.7. The molecule has 1 atom stereocenters. The maximum absolute atomic E-state index is 12.5. The summed E-state index contributed by atoms with van der Waals surface area (Å²) in [6.07, 6.45) is 2.68. The Morgan fingerprint density at radius 2 is 1.86 bits per heavy atom. The Bertz CT molecular complexity index is 895. The lowest BCUT2D eigenvalue weighted by molar-refractivity contribution is -0.130. The fourth-order valence-corrected chi connectivity index (χ4v) is 3.53. The molecule has 154 valence electrons. The average Bonchev–Trinajstić information content (AvgIpc) is 3.17. The number of likely N-dealkylation sites (N-methyl/N-ethyl adjacent to an activating group) is 1. The van der Waals surface area contributed by atoms with Crippen molar-refractivity contribution in [1.29, 1.82) is 0 Å². The molecule has 0 saturated carbocycles. The van der Waals surface area contributed by atoms with Gasteiger partial charge in [0.2, 0.25) is 17.8 Å². The maximum atomic E-state index is 12.5. The van der Waals surface area contributed by atoms with Gasteiger partial charge in [-0.15, -0.1) is 0 Å². The number of amides is 2. The van der Waals surface area contributed by atoms with Crippen molar-refractivity contribution in [3.8, 4) is 11.1 Å². The first-order chi connectivity index (χ1) is 13.8. The molecule has 2 heterocycles. The lowest BCUT2D eigenvalue weighted by atomic mass is 9.95. The monoisotopic (exact) mass is 396 g/mol. The van der Waals surface area contributed by atoms with E-state index in [0.29, 0.717) is 24.6 Å². The number of nitrogens with zero attached hydrogens (tertiary/aromatic N) is 5. The van der Waals surface area contributed by atoms with E-state index in [2.05, 4.69) is 4.98 Å². The fraction of sp³-hybridized carbons (Fsp3) is 0.429. The normalized spacial score (nSPS) is 16.3. The fourth-order valence-electron chi connectivity index (χ4n) is 3.53. The minimum absolute atomic E-state index is 0.131. The van der Waals surface area contributed by atoms with Gasteiger partial charge < -0.3 is 20.4 Å². The highest BCUT2D eigenvalue weighted by Crippen LogP contribution is 2.34. The summed E-state index contributed by atoms with van der Waals surface area (Å²) < 4.78 is 0. The van der Waals surface area contributed by atoms with Gasteiger partial charge >= 0.3 is 0 Å². The van der Waals surface area contributed by atoms with Crippen LogP contribution in [-0.4, -0.2) is 79.4 Å². The van der Waals surface area contributed by atoms with Crippen molar-refractivity contribution >= 4 is 17.8 Å². The van der Waals surface area contributed by atoms with Crippen molar-refractivity contribution in [2.45, 2.75) is 12.3 Å². The molecule has 0 unspecified atom stereocenters. The van der Waals surface area contributed by atoms with E-state index in [1.54, 1.807) is 12.1 Å². The molecule has 0 radical (unpaired) electrons. The lowest BCUT2D eigenvalue weighted by Gasteiger charge is -2.20. The standard InChI is InChI=1S/C21H28N6O2/c1-25(2)13-18(28)27-10-9-16(12-27)19-17(11-23-21(24-19)26(3)4)14-5-7-15(8-6-14)20(22)29/h5-8,11,16H,9-10,12-13H2,1-4H3,(H2,22,29)/t16-/m0/s1. The number of hydrogen-bond acceptors (Lipinski definition) is 6. The molecule has 0 spiro atoms. The van der Waals surface area contributed by atoms with Crippen LogP contribution < -0.4 is 10.6 Å². The second-order valence-electron chi connectivity index (χ2n) is 7.87. The topological polar surface area (TPSA) is 95.7 Å². The summed E-state index contributed by atoms with van der Waals surface area (Å²) in [5.74, 6) is 0.442. The number of hydrogen-bond donors (Lipinski definition) is 1. The maximum Gasteiger partial charge on any atom is 0.248 e. The molecular weight excluding hydrogens is 368 g/mol. The predicted molar refractivity (Wildman–Crippen MR) is 113 cm³/mol. The molecule has 0 aliphatic carbocycles.